The minimum absolute atomic E-state index is 0.118. The molecule has 0 heterocycles. The van der Waals surface area contributed by atoms with Crippen LogP contribution in [0.15, 0.2) is 42.5 Å². The van der Waals surface area contributed by atoms with E-state index in [1.165, 1.54) is 13.2 Å². The van der Waals surface area contributed by atoms with Gasteiger partial charge in [-0.05, 0) is 5.56 Å². The molecule has 0 spiro atoms. The summed E-state index contributed by atoms with van der Waals surface area (Å²) in [4.78, 5) is 22.8. The first-order valence-electron chi connectivity index (χ1n) is 7.83. The van der Waals surface area contributed by atoms with Gasteiger partial charge in [0.15, 0.2) is 11.5 Å². The van der Waals surface area contributed by atoms with E-state index in [9.17, 15) is 14.9 Å². The van der Waals surface area contributed by atoms with Crippen LogP contribution < -0.4 is 15.2 Å². The van der Waals surface area contributed by atoms with Crippen LogP contribution in [0.4, 0.5) is 5.69 Å². The summed E-state index contributed by atoms with van der Waals surface area (Å²) in [6.45, 7) is 0.179. The zero-order chi connectivity index (χ0) is 20.0. The van der Waals surface area contributed by atoms with E-state index in [4.69, 9.17) is 24.7 Å². The number of nitrogens with zero attached hydrogens (tertiary/aromatic N) is 1. The molecule has 27 heavy (non-hydrogen) atoms. The highest BCUT2D eigenvalue weighted by Gasteiger charge is 2.45. The van der Waals surface area contributed by atoms with Gasteiger partial charge >= 0.3 is 0 Å². The zero-order valence-corrected chi connectivity index (χ0v) is 15.1. The molecule has 1 amide bonds. The molecule has 0 aliphatic carbocycles. The van der Waals surface area contributed by atoms with Crippen LogP contribution in [0.5, 0.6) is 11.5 Å². The molecule has 0 unspecified atom stereocenters. The van der Waals surface area contributed by atoms with Gasteiger partial charge in [-0.1, -0.05) is 30.3 Å². The average molecular weight is 376 g/mol. The molecular weight excluding hydrogens is 356 g/mol. The van der Waals surface area contributed by atoms with Gasteiger partial charge in [0.2, 0.25) is 0 Å². The van der Waals surface area contributed by atoms with E-state index in [2.05, 4.69) is 0 Å². The molecule has 9 nitrogen and oxygen atoms in total. The lowest BCUT2D eigenvalue weighted by molar-refractivity contribution is -0.388. The summed E-state index contributed by atoms with van der Waals surface area (Å²) in [6, 6.07) is 11.7. The summed E-state index contributed by atoms with van der Waals surface area (Å²) < 4.78 is 21.2. The Morgan fingerprint density at radius 2 is 1.74 bits per heavy atom. The number of amides is 1. The Hall–Kier alpha value is -3.17. The van der Waals surface area contributed by atoms with E-state index >= 15 is 0 Å². The molecule has 0 aromatic heterocycles. The van der Waals surface area contributed by atoms with E-state index in [-0.39, 0.29) is 23.7 Å². The first-order chi connectivity index (χ1) is 12.9. The maximum absolute atomic E-state index is 12.0. The number of benzene rings is 2. The summed E-state index contributed by atoms with van der Waals surface area (Å²) in [5.74, 6) is -2.91. The maximum Gasteiger partial charge on any atom is 0.283 e. The normalized spacial score (nSPS) is 11.1. The van der Waals surface area contributed by atoms with Crippen LogP contribution in [0.25, 0.3) is 0 Å². The Balaban J connectivity index is 2.57. The maximum atomic E-state index is 12.0. The third kappa shape index (κ3) is 3.99. The SMILES string of the molecule is COc1cc([N+](=O)[O-])c(C(OC)(OC)C(N)=O)cc1OCc1ccccc1. The van der Waals surface area contributed by atoms with Gasteiger partial charge in [0.05, 0.1) is 18.1 Å². The van der Waals surface area contributed by atoms with Gasteiger partial charge in [0.25, 0.3) is 17.4 Å². The minimum atomic E-state index is -2.15. The molecule has 9 heteroatoms. The van der Waals surface area contributed by atoms with Gasteiger partial charge in [-0.15, -0.1) is 0 Å². The molecule has 0 radical (unpaired) electrons. The number of nitrogens with two attached hydrogens (primary N) is 1. The van der Waals surface area contributed by atoms with Crippen molar-refractivity contribution >= 4 is 11.6 Å². The Morgan fingerprint density at radius 3 is 2.22 bits per heavy atom. The molecule has 0 atom stereocenters. The van der Waals surface area contributed by atoms with Crippen molar-refractivity contribution in [3.8, 4) is 11.5 Å². The highest BCUT2D eigenvalue weighted by molar-refractivity contribution is 5.85. The van der Waals surface area contributed by atoms with E-state index in [1.54, 1.807) is 0 Å². The highest BCUT2D eigenvalue weighted by Crippen LogP contribution is 2.41. The average Bonchev–Trinajstić information content (AvgIpc) is 2.68. The zero-order valence-electron chi connectivity index (χ0n) is 15.1. The van der Waals surface area contributed by atoms with Crippen molar-refractivity contribution in [2.75, 3.05) is 21.3 Å². The summed E-state index contributed by atoms with van der Waals surface area (Å²) in [6.07, 6.45) is 0. The molecule has 2 aromatic carbocycles. The van der Waals surface area contributed by atoms with Crippen molar-refractivity contribution < 1.29 is 28.7 Å². The number of carbonyl (C=O) groups excluding carboxylic acids is 1. The van der Waals surface area contributed by atoms with Gasteiger partial charge < -0.3 is 24.7 Å². The fourth-order valence-corrected chi connectivity index (χ4v) is 2.61. The molecule has 2 N–H and O–H groups in total. The lowest BCUT2D eigenvalue weighted by atomic mass is 10.0. The quantitative estimate of drug-likeness (QED) is 0.404. The van der Waals surface area contributed by atoms with Crippen LogP contribution in [0.3, 0.4) is 0 Å². The van der Waals surface area contributed by atoms with Crippen LogP contribution in [0.2, 0.25) is 0 Å². The topological polar surface area (TPSA) is 123 Å². The molecule has 0 saturated heterocycles. The molecule has 2 aromatic rings. The number of nitro groups is 1. The molecular formula is C18H20N2O7. The second-order valence-electron chi connectivity index (χ2n) is 5.44. The number of hydrogen-bond acceptors (Lipinski definition) is 7. The Labute approximate surface area is 155 Å². The Morgan fingerprint density at radius 1 is 1.11 bits per heavy atom. The molecule has 0 saturated carbocycles. The predicted molar refractivity (Wildman–Crippen MR) is 95.3 cm³/mol. The van der Waals surface area contributed by atoms with Crippen molar-refractivity contribution in [1.29, 1.82) is 0 Å². The first-order valence-corrected chi connectivity index (χ1v) is 7.83. The highest BCUT2D eigenvalue weighted by atomic mass is 16.7. The number of hydrogen-bond donors (Lipinski definition) is 1. The summed E-state index contributed by atoms with van der Waals surface area (Å²) in [7, 11) is 3.67. The van der Waals surface area contributed by atoms with Gasteiger partial charge in [-0.3, -0.25) is 14.9 Å². The fourth-order valence-electron chi connectivity index (χ4n) is 2.61. The summed E-state index contributed by atoms with van der Waals surface area (Å²) in [5.41, 5.74) is 5.61. The minimum Gasteiger partial charge on any atom is -0.493 e. The summed E-state index contributed by atoms with van der Waals surface area (Å²) in [5, 5.41) is 11.5. The van der Waals surface area contributed by atoms with Crippen molar-refractivity contribution in [3.05, 3.63) is 63.7 Å². The molecule has 0 fully saturated rings. The fraction of sp³-hybridized carbons (Fsp3) is 0.278. The Bertz CT molecular complexity index is 820. The monoisotopic (exact) mass is 376 g/mol. The number of methoxy groups -OCH3 is 3. The second-order valence-corrected chi connectivity index (χ2v) is 5.44. The van der Waals surface area contributed by atoms with E-state index < -0.39 is 22.3 Å². The van der Waals surface area contributed by atoms with Crippen molar-refractivity contribution in [3.63, 3.8) is 0 Å². The van der Waals surface area contributed by atoms with E-state index in [0.29, 0.717) is 0 Å². The van der Waals surface area contributed by atoms with E-state index in [1.807, 2.05) is 30.3 Å². The number of nitro benzene ring substituents is 1. The van der Waals surface area contributed by atoms with Crippen molar-refractivity contribution in [2.24, 2.45) is 5.73 Å². The molecule has 0 aliphatic heterocycles. The number of ether oxygens (including phenoxy) is 4. The van der Waals surface area contributed by atoms with Crippen LogP contribution in [0.1, 0.15) is 11.1 Å². The molecule has 0 aliphatic rings. The van der Waals surface area contributed by atoms with Crippen LogP contribution in [-0.4, -0.2) is 32.2 Å². The standard InChI is InChI=1S/C18H20N2O7/c1-24-15-10-14(20(22)23)13(18(25-2,26-3)17(19)21)9-16(15)27-11-12-7-5-4-6-8-12/h4-10H,11H2,1-3H3,(H2,19,21). The predicted octanol–water partition coefficient (Wildman–Crippen LogP) is 2.11. The lowest BCUT2D eigenvalue weighted by Gasteiger charge is -2.27. The van der Waals surface area contributed by atoms with Crippen molar-refractivity contribution in [2.45, 2.75) is 12.4 Å². The van der Waals surface area contributed by atoms with Gasteiger partial charge in [0, 0.05) is 20.3 Å². The lowest BCUT2D eigenvalue weighted by Crippen LogP contribution is -2.45. The number of carbonyl (C=O) groups is 1. The van der Waals surface area contributed by atoms with Crippen LogP contribution in [-0.2, 0) is 26.7 Å². The first kappa shape index (κ1) is 20.1. The van der Waals surface area contributed by atoms with Crippen molar-refractivity contribution in [1.82, 2.24) is 0 Å². The molecule has 2 rings (SSSR count). The molecule has 144 valence electrons. The van der Waals surface area contributed by atoms with E-state index in [0.717, 1.165) is 25.8 Å². The summed E-state index contributed by atoms with van der Waals surface area (Å²) >= 11 is 0. The Kier molecular flexibility index (Phi) is 6.32. The third-order valence-electron chi connectivity index (χ3n) is 3.97. The smallest absolute Gasteiger partial charge is 0.283 e. The third-order valence-corrected chi connectivity index (χ3v) is 3.97. The van der Waals surface area contributed by atoms with Gasteiger partial charge in [0.1, 0.15) is 12.2 Å². The number of rotatable bonds is 9. The van der Waals surface area contributed by atoms with Crippen LogP contribution >= 0.6 is 0 Å². The van der Waals surface area contributed by atoms with Crippen LogP contribution in [0, 0.1) is 10.1 Å². The molecule has 0 bridgehead atoms. The van der Waals surface area contributed by atoms with Gasteiger partial charge in [-0.25, -0.2) is 0 Å². The largest absolute Gasteiger partial charge is 0.493 e. The number of primary amides is 1. The second kappa shape index (κ2) is 8.47. The van der Waals surface area contributed by atoms with Gasteiger partial charge in [-0.2, -0.15) is 0 Å².